The third kappa shape index (κ3) is 2.73. The molecule has 0 bridgehead atoms. The molecule has 1 aromatic carbocycles. The zero-order chi connectivity index (χ0) is 17.0. The predicted molar refractivity (Wildman–Crippen MR) is 69.1 cm³/mol. The third-order valence-corrected chi connectivity index (χ3v) is 3.48. The first kappa shape index (κ1) is 15.6. The molecule has 0 atom stereocenters. The summed E-state index contributed by atoms with van der Waals surface area (Å²) in [5, 5.41) is 0. The molecule has 1 aliphatic heterocycles. The molecule has 0 fully saturated rings. The Morgan fingerprint density at radius 1 is 0.913 bits per heavy atom. The fourth-order valence-corrected chi connectivity index (χ4v) is 2.34. The Balaban J connectivity index is 2.11. The highest BCUT2D eigenvalue weighted by molar-refractivity contribution is 5.75. The van der Waals surface area contributed by atoms with E-state index in [1.807, 2.05) is 0 Å². The van der Waals surface area contributed by atoms with Gasteiger partial charge in [0.15, 0.2) is 11.4 Å². The molecule has 0 aliphatic carbocycles. The molecule has 0 spiro atoms. The Kier molecular flexibility index (Phi) is 3.31. The van der Waals surface area contributed by atoms with Crippen molar-refractivity contribution < 1.29 is 31.1 Å². The monoisotopic (exact) mass is 333 g/mol. The largest absolute Gasteiger partial charge is 0.447 e. The first-order valence-electron chi connectivity index (χ1n) is 6.62. The lowest BCUT2D eigenvalue weighted by molar-refractivity contribution is -0.141. The molecule has 0 saturated carbocycles. The van der Waals surface area contributed by atoms with E-state index in [2.05, 4.69) is 4.98 Å². The number of hydrogen-bond donors (Lipinski definition) is 0. The van der Waals surface area contributed by atoms with Crippen molar-refractivity contribution in [3.63, 3.8) is 0 Å². The van der Waals surface area contributed by atoms with Crippen LogP contribution in [0.2, 0.25) is 0 Å². The molecule has 0 N–H and O–H groups in total. The van der Waals surface area contributed by atoms with E-state index >= 15 is 0 Å². The summed E-state index contributed by atoms with van der Waals surface area (Å²) in [5.74, 6) is -0.185. The number of pyridine rings is 1. The van der Waals surface area contributed by atoms with Gasteiger partial charge in [-0.2, -0.15) is 26.3 Å². The van der Waals surface area contributed by atoms with Crippen molar-refractivity contribution in [3.8, 4) is 22.8 Å². The molecular formula is C15H9F6NO. The quantitative estimate of drug-likeness (QED) is 0.460. The second kappa shape index (κ2) is 4.87. The van der Waals surface area contributed by atoms with Crippen molar-refractivity contribution in [1.82, 2.24) is 4.98 Å². The minimum absolute atomic E-state index is 0.00944. The van der Waals surface area contributed by atoms with E-state index in [4.69, 9.17) is 4.74 Å². The lowest BCUT2D eigenvalue weighted by Crippen LogP contribution is -2.08. The van der Waals surface area contributed by atoms with Crippen LogP contribution in [0.5, 0.6) is 11.5 Å². The van der Waals surface area contributed by atoms with E-state index in [1.165, 1.54) is 0 Å². The van der Waals surface area contributed by atoms with Gasteiger partial charge in [0.2, 0.25) is 5.75 Å². The van der Waals surface area contributed by atoms with Gasteiger partial charge in [-0.05, 0) is 18.6 Å². The Morgan fingerprint density at radius 2 is 1.52 bits per heavy atom. The molecule has 8 heteroatoms. The molecule has 23 heavy (non-hydrogen) atoms. The standard InChI is InChI=1S/C15H9F6NO/c1-2-9-10(7-3-5-8(6-4-7)14(16,17)18)22-13(15(19,20)21)12-11(9)23-12/h3-6H,2H2,1H3. The lowest BCUT2D eigenvalue weighted by Gasteiger charge is -2.10. The molecule has 2 heterocycles. The summed E-state index contributed by atoms with van der Waals surface area (Å²) in [6, 6.07) is 3.85. The summed E-state index contributed by atoms with van der Waals surface area (Å²) in [6.45, 7) is 1.71. The predicted octanol–water partition coefficient (Wildman–Crippen LogP) is 5.45. The first-order valence-corrected chi connectivity index (χ1v) is 6.62. The van der Waals surface area contributed by atoms with Crippen LogP contribution in [0, 0.1) is 0 Å². The highest BCUT2D eigenvalue weighted by Crippen LogP contribution is 2.56. The molecular weight excluding hydrogens is 324 g/mol. The minimum atomic E-state index is -4.69. The number of aromatic nitrogens is 1. The fraction of sp³-hybridized carbons (Fsp3) is 0.267. The van der Waals surface area contributed by atoms with Crippen molar-refractivity contribution in [2.75, 3.05) is 0 Å². The maximum Gasteiger partial charge on any atom is 0.437 e. The summed E-state index contributed by atoms with van der Waals surface area (Å²) in [6.07, 6.45) is -8.85. The molecule has 3 rings (SSSR count). The molecule has 2 aromatic rings. The highest BCUT2D eigenvalue weighted by Gasteiger charge is 2.45. The Bertz CT molecular complexity index is 762. The van der Waals surface area contributed by atoms with Crippen LogP contribution in [0.25, 0.3) is 11.3 Å². The molecule has 1 aromatic heterocycles. The molecule has 0 amide bonds. The van der Waals surface area contributed by atoms with Crippen LogP contribution in [0.1, 0.15) is 23.7 Å². The summed E-state index contributed by atoms with van der Waals surface area (Å²) >= 11 is 0. The third-order valence-electron chi connectivity index (χ3n) is 3.48. The molecule has 1 aliphatic rings. The van der Waals surface area contributed by atoms with Gasteiger partial charge in [-0.15, -0.1) is 0 Å². The van der Waals surface area contributed by atoms with E-state index in [9.17, 15) is 26.3 Å². The molecule has 2 nitrogen and oxygen atoms in total. The van der Waals surface area contributed by atoms with Crippen LogP contribution in [0.15, 0.2) is 24.3 Å². The second-order valence-electron chi connectivity index (χ2n) is 4.97. The van der Waals surface area contributed by atoms with Crippen molar-refractivity contribution in [1.29, 1.82) is 0 Å². The summed E-state index contributed by atoms with van der Waals surface area (Å²) in [4.78, 5) is 3.60. The van der Waals surface area contributed by atoms with Crippen LogP contribution < -0.4 is 4.74 Å². The zero-order valence-electron chi connectivity index (χ0n) is 11.6. The van der Waals surface area contributed by atoms with Crippen LogP contribution in [-0.4, -0.2) is 4.98 Å². The number of alkyl halides is 6. The van der Waals surface area contributed by atoms with Crippen molar-refractivity contribution in [3.05, 3.63) is 41.1 Å². The number of nitrogens with zero attached hydrogens (tertiary/aromatic N) is 1. The van der Waals surface area contributed by atoms with Crippen LogP contribution in [0.3, 0.4) is 0 Å². The molecule has 0 radical (unpaired) electrons. The maximum atomic E-state index is 12.9. The van der Waals surface area contributed by atoms with Crippen LogP contribution in [-0.2, 0) is 18.8 Å². The number of benzene rings is 1. The van der Waals surface area contributed by atoms with Gasteiger partial charge in [-0.1, -0.05) is 19.1 Å². The van der Waals surface area contributed by atoms with Crippen molar-refractivity contribution in [2.45, 2.75) is 25.7 Å². The van der Waals surface area contributed by atoms with Gasteiger partial charge in [0.25, 0.3) is 0 Å². The van der Waals surface area contributed by atoms with E-state index < -0.39 is 23.6 Å². The van der Waals surface area contributed by atoms with Gasteiger partial charge in [0.1, 0.15) is 0 Å². The number of rotatable bonds is 2. The number of ether oxygens (including phenoxy) is 1. The highest BCUT2D eigenvalue weighted by atomic mass is 19.4. The van der Waals surface area contributed by atoms with Gasteiger partial charge in [-0.3, -0.25) is 0 Å². The molecule has 0 saturated heterocycles. The minimum Gasteiger partial charge on any atom is -0.447 e. The Labute approximate surface area is 126 Å². The normalized spacial score (nSPS) is 13.5. The topological polar surface area (TPSA) is 25.4 Å². The Morgan fingerprint density at radius 3 is 2.00 bits per heavy atom. The molecule has 0 unspecified atom stereocenters. The first-order chi connectivity index (χ1) is 10.6. The van der Waals surface area contributed by atoms with E-state index in [0.717, 1.165) is 24.3 Å². The number of hydrogen-bond acceptors (Lipinski definition) is 2. The number of halogens is 6. The average molecular weight is 333 g/mol. The van der Waals surface area contributed by atoms with E-state index in [1.54, 1.807) is 6.92 Å². The molecule has 122 valence electrons. The van der Waals surface area contributed by atoms with Crippen molar-refractivity contribution in [2.24, 2.45) is 0 Å². The SMILES string of the molecule is CCc1c(-c2ccc(C(F)(F)F)cc2)nc(C(F)(F)F)c2c1O2. The summed E-state index contributed by atoms with van der Waals surface area (Å²) < 4.78 is 81.5. The van der Waals surface area contributed by atoms with Crippen LogP contribution >= 0.6 is 0 Å². The fourth-order valence-electron chi connectivity index (χ4n) is 2.34. The smallest absolute Gasteiger partial charge is 0.437 e. The lowest BCUT2D eigenvalue weighted by atomic mass is 10.0. The second-order valence-corrected chi connectivity index (χ2v) is 4.97. The van der Waals surface area contributed by atoms with Gasteiger partial charge in [-0.25, -0.2) is 4.98 Å². The maximum absolute atomic E-state index is 12.9. The van der Waals surface area contributed by atoms with Gasteiger partial charge in [0, 0.05) is 11.1 Å². The van der Waals surface area contributed by atoms with E-state index in [0.29, 0.717) is 12.0 Å². The zero-order valence-corrected chi connectivity index (χ0v) is 11.6. The van der Waals surface area contributed by atoms with Gasteiger partial charge in [0.05, 0.1) is 11.3 Å². The van der Waals surface area contributed by atoms with Crippen LogP contribution in [0.4, 0.5) is 26.3 Å². The summed E-state index contributed by atoms with van der Waals surface area (Å²) in [7, 11) is 0. The average Bonchev–Trinajstić information content (AvgIpc) is 3.23. The van der Waals surface area contributed by atoms with Gasteiger partial charge < -0.3 is 4.74 Å². The number of fused-ring (bicyclic) bond motifs is 1. The summed E-state index contributed by atoms with van der Waals surface area (Å²) in [5.41, 5.74) is -1.41. The van der Waals surface area contributed by atoms with Gasteiger partial charge >= 0.3 is 12.4 Å². The van der Waals surface area contributed by atoms with E-state index in [-0.39, 0.29) is 22.8 Å². The van der Waals surface area contributed by atoms with Crippen molar-refractivity contribution >= 4 is 0 Å². The Hall–Kier alpha value is -2.25.